The van der Waals surface area contributed by atoms with Gasteiger partial charge in [0.25, 0.3) is 0 Å². The Balaban J connectivity index is 1.96. The van der Waals surface area contributed by atoms with E-state index < -0.39 is 11.7 Å². The summed E-state index contributed by atoms with van der Waals surface area (Å²) in [6.45, 7) is 0.640. The smallest absolute Gasteiger partial charge is 0.378 e. The van der Waals surface area contributed by atoms with Crippen molar-refractivity contribution < 1.29 is 22.7 Å². The molecule has 1 aromatic rings. The van der Waals surface area contributed by atoms with Gasteiger partial charge in [-0.05, 0) is 31.0 Å². The third-order valence-electron chi connectivity index (χ3n) is 2.91. The number of nitrogens with one attached hydrogen (secondary N) is 1. The van der Waals surface area contributed by atoms with Crippen LogP contribution in [-0.4, -0.2) is 18.6 Å². The van der Waals surface area contributed by atoms with Crippen LogP contribution in [0.1, 0.15) is 24.8 Å². The fourth-order valence-corrected chi connectivity index (χ4v) is 2.00. The zero-order chi connectivity index (χ0) is 13.9. The number of amides is 1. The highest BCUT2D eigenvalue weighted by atomic mass is 19.4. The van der Waals surface area contributed by atoms with Crippen molar-refractivity contribution in [3.63, 3.8) is 0 Å². The van der Waals surface area contributed by atoms with Gasteiger partial charge >= 0.3 is 6.18 Å². The van der Waals surface area contributed by atoms with Gasteiger partial charge in [0.05, 0.1) is 18.1 Å². The highest BCUT2D eigenvalue weighted by Crippen LogP contribution is 2.30. The number of alkyl halides is 3. The Labute approximate surface area is 108 Å². The minimum Gasteiger partial charge on any atom is -0.378 e. The third kappa shape index (κ3) is 3.96. The minimum atomic E-state index is -4.41. The predicted octanol–water partition coefficient (Wildman–Crippen LogP) is 3.21. The molecule has 1 saturated heterocycles. The fourth-order valence-electron chi connectivity index (χ4n) is 2.00. The summed E-state index contributed by atoms with van der Waals surface area (Å²) in [6, 6.07) is 4.59. The lowest BCUT2D eigenvalue weighted by molar-refractivity contribution is -0.137. The first-order valence-corrected chi connectivity index (χ1v) is 6.04. The molecule has 3 nitrogen and oxygen atoms in total. The number of anilines is 1. The predicted molar refractivity (Wildman–Crippen MR) is 63.7 cm³/mol. The molecule has 1 unspecified atom stereocenters. The van der Waals surface area contributed by atoms with Crippen molar-refractivity contribution in [1.82, 2.24) is 0 Å². The van der Waals surface area contributed by atoms with Crippen LogP contribution < -0.4 is 5.32 Å². The average Bonchev–Trinajstić information content (AvgIpc) is 2.80. The van der Waals surface area contributed by atoms with Crippen LogP contribution in [0.3, 0.4) is 0 Å². The molecule has 1 amide bonds. The number of hydrogen-bond acceptors (Lipinski definition) is 2. The lowest BCUT2D eigenvalue weighted by Gasteiger charge is -2.11. The molecule has 0 saturated carbocycles. The maximum absolute atomic E-state index is 12.5. The van der Waals surface area contributed by atoms with Crippen molar-refractivity contribution in [2.75, 3.05) is 11.9 Å². The van der Waals surface area contributed by atoms with Crippen molar-refractivity contribution in [2.45, 2.75) is 31.5 Å². The maximum Gasteiger partial charge on any atom is 0.416 e. The van der Waals surface area contributed by atoms with Crippen LogP contribution in [-0.2, 0) is 15.7 Å². The standard InChI is InChI=1S/C13H14F3NO2/c14-13(15,16)9-3-1-4-10(7-9)17-12(18)8-11-5-2-6-19-11/h1,3-4,7,11H,2,5-6,8H2,(H,17,18). The Hall–Kier alpha value is -1.56. The van der Waals surface area contributed by atoms with Gasteiger partial charge in [0.15, 0.2) is 0 Å². The zero-order valence-corrected chi connectivity index (χ0v) is 10.2. The Bertz CT molecular complexity index is 453. The van der Waals surface area contributed by atoms with Crippen molar-refractivity contribution in [3.8, 4) is 0 Å². The molecule has 1 aromatic carbocycles. The number of rotatable bonds is 3. The van der Waals surface area contributed by atoms with Crippen LogP contribution in [0.25, 0.3) is 0 Å². The molecule has 1 fully saturated rings. The van der Waals surface area contributed by atoms with Crippen molar-refractivity contribution in [3.05, 3.63) is 29.8 Å². The van der Waals surface area contributed by atoms with Crippen LogP contribution in [0.15, 0.2) is 24.3 Å². The Morgan fingerprint density at radius 2 is 2.21 bits per heavy atom. The van der Waals surface area contributed by atoms with Gasteiger partial charge in [0.2, 0.25) is 5.91 Å². The molecule has 6 heteroatoms. The number of carbonyl (C=O) groups is 1. The average molecular weight is 273 g/mol. The van der Waals surface area contributed by atoms with E-state index in [1.807, 2.05) is 0 Å². The SMILES string of the molecule is O=C(CC1CCCO1)Nc1cccc(C(F)(F)F)c1. The van der Waals surface area contributed by atoms with Gasteiger partial charge in [-0.3, -0.25) is 4.79 Å². The van der Waals surface area contributed by atoms with E-state index >= 15 is 0 Å². The first-order chi connectivity index (χ1) is 8.95. The van der Waals surface area contributed by atoms with Gasteiger partial charge in [-0.1, -0.05) is 6.07 Å². The summed E-state index contributed by atoms with van der Waals surface area (Å²) in [4.78, 5) is 11.7. The number of ether oxygens (including phenoxy) is 1. The summed E-state index contributed by atoms with van der Waals surface area (Å²) in [7, 11) is 0. The van der Waals surface area contributed by atoms with Crippen LogP contribution >= 0.6 is 0 Å². The number of hydrogen-bond donors (Lipinski definition) is 1. The van der Waals surface area contributed by atoms with Crippen LogP contribution in [0.5, 0.6) is 0 Å². The van der Waals surface area contributed by atoms with E-state index in [0.29, 0.717) is 6.61 Å². The van der Waals surface area contributed by atoms with Crippen LogP contribution in [0.2, 0.25) is 0 Å². The van der Waals surface area contributed by atoms with E-state index in [1.54, 1.807) is 0 Å². The van der Waals surface area contributed by atoms with Gasteiger partial charge in [-0.15, -0.1) is 0 Å². The summed E-state index contributed by atoms with van der Waals surface area (Å²) in [5.74, 6) is -0.328. The highest BCUT2D eigenvalue weighted by Gasteiger charge is 2.30. The molecule has 1 atom stereocenters. The van der Waals surface area contributed by atoms with E-state index in [0.717, 1.165) is 25.0 Å². The minimum absolute atomic E-state index is 0.120. The van der Waals surface area contributed by atoms with Gasteiger partial charge in [-0.2, -0.15) is 13.2 Å². The van der Waals surface area contributed by atoms with Crippen molar-refractivity contribution in [1.29, 1.82) is 0 Å². The van der Waals surface area contributed by atoms with Crippen LogP contribution in [0, 0.1) is 0 Å². The molecule has 1 heterocycles. The Kier molecular flexibility index (Phi) is 4.09. The van der Waals surface area contributed by atoms with E-state index in [4.69, 9.17) is 4.74 Å². The largest absolute Gasteiger partial charge is 0.416 e. The molecular formula is C13H14F3NO2. The molecule has 19 heavy (non-hydrogen) atoms. The number of halogens is 3. The quantitative estimate of drug-likeness (QED) is 0.918. The summed E-state index contributed by atoms with van der Waals surface area (Å²) in [6.07, 6.45) is -2.62. The topological polar surface area (TPSA) is 38.3 Å². The van der Waals surface area contributed by atoms with Gasteiger partial charge < -0.3 is 10.1 Å². The molecule has 0 radical (unpaired) electrons. The van der Waals surface area contributed by atoms with Gasteiger partial charge in [0.1, 0.15) is 0 Å². The second-order valence-electron chi connectivity index (χ2n) is 4.47. The third-order valence-corrected chi connectivity index (χ3v) is 2.91. The molecule has 2 rings (SSSR count). The first-order valence-electron chi connectivity index (χ1n) is 6.04. The lowest BCUT2D eigenvalue weighted by Crippen LogP contribution is -2.19. The first kappa shape index (κ1) is 13.9. The maximum atomic E-state index is 12.5. The van der Waals surface area contributed by atoms with E-state index in [2.05, 4.69) is 5.32 Å². The number of carbonyl (C=O) groups excluding carboxylic acids is 1. The Morgan fingerprint density at radius 3 is 2.84 bits per heavy atom. The van der Waals surface area contributed by atoms with Gasteiger partial charge in [0, 0.05) is 12.3 Å². The monoisotopic (exact) mass is 273 g/mol. The van der Waals surface area contributed by atoms with E-state index in [1.165, 1.54) is 12.1 Å². The van der Waals surface area contributed by atoms with E-state index in [9.17, 15) is 18.0 Å². The molecule has 0 bridgehead atoms. The fraction of sp³-hybridized carbons (Fsp3) is 0.462. The van der Waals surface area contributed by atoms with Crippen molar-refractivity contribution >= 4 is 11.6 Å². The van der Waals surface area contributed by atoms with Gasteiger partial charge in [-0.25, -0.2) is 0 Å². The highest BCUT2D eigenvalue weighted by molar-refractivity contribution is 5.91. The molecule has 0 aliphatic carbocycles. The van der Waals surface area contributed by atoms with Crippen LogP contribution in [0.4, 0.5) is 18.9 Å². The summed E-state index contributed by atoms with van der Waals surface area (Å²) < 4.78 is 42.8. The molecule has 1 N–H and O–H groups in total. The second-order valence-corrected chi connectivity index (χ2v) is 4.47. The summed E-state index contributed by atoms with van der Waals surface area (Å²) in [5, 5.41) is 2.46. The zero-order valence-electron chi connectivity index (χ0n) is 10.2. The van der Waals surface area contributed by atoms with Crippen molar-refractivity contribution in [2.24, 2.45) is 0 Å². The Morgan fingerprint density at radius 1 is 1.42 bits per heavy atom. The van der Waals surface area contributed by atoms with E-state index in [-0.39, 0.29) is 24.1 Å². The lowest BCUT2D eigenvalue weighted by atomic mass is 10.1. The molecule has 104 valence electrons. The normalized spacial score (nSPS) is 19.4. The molecule has 0 spiro atoms. The summed E-state index contributed by atoms with van der Waals surface area (Å²) in [5.41, 5.74) is -0.625. The summed E-state index contributed by atoms with van der Waals surface area (Å²) >= 11 is 0. The number of benzene rings is 1. The molecule has 1 aliphatic rings. The molecular weight excluding hydrogens is 259 g/mol. The molecule has 0 aromatic heterocycles. The second kappa shape index (κ2) is 5.61. The molecule has 1 aliphatic heterocycles.